The largest absolute Gasteiger partial charge is 0.508 e. The lowest BCUT2D eigenvalue weighted by Crippen LogP contribution is -2.48. The summed E-state index contributed by atoms with van der Waals surface area (Å²) in [5.41, 5.74) is 0.519. The SMILES string of the molecule is C[C@H](C(=O)NCCc1ccc(O)cc1)N(c1cc(Cl)ccc1F)S(=O)(=O)c1ccc(Cl)cc1. The highest BCUT2D eigenvalue weighted by atomic mass is 35.5. The first kappa shape index (κ1) is 24.8. The standard InChI is InChI=1S/C23H21Cl2FN2O4S/c1-15(23(30)27-13-12-16-2-7-19(29)8-3-16)28(22-14-18(25)6-11-21(22)26)33(31,32)20-9-4-17(24)5-10-20/h2-11,14-15,29H,12-13H2,1H3,(H,27,30)/t15-/m1/s1. The number of carbonyl (C=O) groups excluding carboxylic acids is 1. The zero-order valence-electron chi connectivity index (χ0n) is 17.5. The van der Waals surface area contributed by atoms with Gasteiger partial charge in [0, 0.05) is 16.6 Å². The predicted octanol–water partition coefficient (Wildman–Crippen LogP) is 4.78. The molecule has 0 bridgehead atoms. The average molecular weight is 511 g/mol. The van der Waals surface area contributed by atoms with E-state index in [4.69, 9.17) is 23.2 Å². The lowest BCUT2D eigenvalue weighted by Gasteiger charge is -2.30. The van der Waals surface area contributed by atoms with E-state index in [1.54, 1.807) is 12.1 Å². The fourth-order valence-corrected chi connectivity index (χ4v) is 5.08. The average Bonchev–Trinajstić information content (AvgIpc) is 2.77. The number of amides is 1. The van der Waals surface area contributed by atoms with Crippen LogP contribution in [-0.4, -0.2) is 32.0 Å². The number of aromatic hydroxyl groups is 1. The molecule has 0 aromatic heterocycles. The Bertz CT molecular complexity index is 1240. The van der Waals surface area contributed by atoms with Crippen molar-refractivity contribution in [3.63, 3.8) is 0 Å². The molecule has 0 aliphatic carbocycles. The third-order valence-electron chi connectivity index (χ3n) is 4.90. The number of anilines is 1. The minimum Gasteiger partial charge on any atom is -0.508 e. The van der Waals surface area contributed by atoms with Gasteiger partial charge in [0.2, 0.25) is 5.91 Å². The molecule has 0 radical (unpaired) electrons. The summed E-state index contributed by atoms with van der Waals surface area (Å²) in [4.78, 5) is 12.7. The van der Waals surface area contributed by atoms with Crippen LogP contribution in [0, 0.1) is 5.82 Å². The molecule has 3 aromatic rings. The first-order valence-electron chi connectivity index (χ1n) is 9.90. The quantitative estimate of drug-likeness (QED) is 0.456. The number of benzene rings is 3. The maximum Gasteiger partial charge on any atom is 0.265 e. The molecule has 174 valence electrons. The number of halogens is 3. The van der Waals surface area contributed by atoms with Gasteiger partial charge in [-0.3, -0.25) is 9.10 Å². The van der Waals surface area contributed by atoms with E-state index in [9.17, 15) is 22.7 Å². The molecule has 1 amide bonds. The molecule has 3 rings (SSSR count). The second kappa shape index (κ2) is 10.4. The number of phenolic OH excluding ortho intramolecular Hbond substituents is 1. The van der Waals surface area contributed by atoms with Crippen molar-refractivity contribution in [3.05, 3.63) is 88.2 Å². The van der Waals surface area contributed by atoms with Gasteiger partial charge in [0.05, 0.1) is 10.6 Å². The zero-order chi connectivity index (χ0) is 24.2. The van der Waals surface area contributed by atoms with Gasteiger partial charge < -0.3 is 10.4 Å². The molecule has 0 spiro atoms. The molecule has 2 N–H and O–H groups in total. The third-order valence-corrected chi connectivity index (χ3v) is 7.28. The molecule has 6 nitrogen and oxygen atoms in total. The molecule has 3 aromatic carbocycles. The van der Waals surface area contributed by atoms with Gasteiger partial charge in [0.15, 0.2) is 0 Å². The molecular formula is C23H21Cl2FN2O4S. The Hall–Kier alpha value is -2.81. The molecule has 10 heteroatoms. The summed E-state index contributed by atoms with van der Waals surface area (Å²) in [6, 6.07) is 14.0. The number of hydrogen-bond donors (Lipinski definition) is 2. The highest BCUT2D eigenvalue weighted by molar-refractivity contribution is 7.93. The summed E-state index contributed by atoms with van der Waals surface area (Å²) >= 11 is 11.9. The van der Waals surface area contributed by atoms with E-state index >= 15 is 0 Å². The molecule has 0 fully saturated rings. The van der Waals surface area contributed by atoms with Crippen molar-refractivity contribution in [1.29, 1.82) is 0 Å². The van der Waals surface area contributed by atoms with Crippen molar-refractivity contribution >= 4 is 44.8 Å². The van der Waals surface area contributed by atoms with Gasteiger partial charge in [-0.2, -0.15) is 0 Å². The number of sulfonamides is 1. The van der Waals surface area contributed by atoms with Crippen LogP contribution in [0.5, 0.6) is 5.75 Å². The molecule has 0 aliphatic rings. The lowest BCUT2D eigenvalue weighted by atomic mass is 10.1. The molecular weight excluding hydrogens is 490 g/mol. The zero-order valence-corrected chi connectivity index (χ0v) is 19.8. The van der Waals surface area contributed by atoms with E-state index in [2.05, 4.69) is 5.32 Å². The van der Waals surface area contributed by atoms with Crippen LogP contribution in [0.15, 0.2) is 71.6 Å². The molecule has 0 aliphatic heterocycles. The predicted molar refractivity (Wildman–Crippen MR) is 127 cm³/mol. The smallest absolute Gasteiger partial charge is 0.265 e. The van der Waals surface area contributed by atoms with Crippen LogP contribution in [0.25, 0.3) is 0 Å². The first-order chi connectivity index (χ1) is 15.6. The van der Waals surface area contributed by atoms with Crippen molar-refractivity contribution in [1.82, 2.24) is 5.32 Å². The minimum atomic E-state index is -4.35. The molecule has 0 saturated carbocycles. The van der Waals surface area contributed by atoms with E-state index in [0.29, 0.717) is 15.7 Å². The summed E-state index contributed by atoms with van der Waals surface area (Å²) in [6.45, 7) is 1.57. The normalized spacial score (nSPS) is 12.2. The number of phenols is 1. The van der Waals surface area contributed by atoms with E-state index in [0.717, 1.165) is 17.7 Å². The third kappa shape index (κ3) is 5.96. The molecule has 0 unspecified atom stereocenters. The van der Waals surface area contributed by atoms with E-state index in [1.807, 2.05) is 0 Å². The Morgan fingerprint density at radius 3 is 2.27 bits per heavy atom. The Labute approximate surface area is 201 Å². The van der Waals surface area contributed by atoms with Gasteiger partial charge in [-0.15, -0.1) is 0 Å². The Balaban J connectivity index is 1.89. The lowest BCUT2D eigenvalue weighted by molar-refractivity contribution is -0.121. The molecule has 0 heterocycles. The van der Waals surface area contributed by atoms with Crippen molar-refractivity contribution in [2.45, 2.75) is 24.3 Å². The Kier molecular flexibility index (Phi) is 7.84. The summed E-state index contributed by atoms with van der Waals surface area (Å²) in [5, 5.41) is 12.5. The van der Waals surface area contributed by atoms with Crippen LogP contribution in [0.1, 0.15) is 12.5 Å². The first-order valence-corrected chi connectivity index (χ1v) is 12.1. The number of nitrogens with zero attached hydrogens (tertiary/aromatic N) is 1. The minimum absolute atomic E-state index is 0.114. The summed E-state index contributed by atoms with van der Waals surface area (Å²) in [5.74, 6) is -1.34. The second-order valence-electron chi connectivity index (χ2n) is 7.23. The number of nitrogens with one attached hydrogen (secondary N) is 1. The highest BCUT2D eigenvalue weighted by Crippen LogP contribution is 2.31. The monoisotopic (exact) mass is 510 g/mol. The van der Waals surface area contributed by atoms with Crippen LogP contribution < -0.4 is 9.62 Å². The highest BCUT2D eigenvalue weighted by Gasteiger charge is 2.35. The Morgan fingerprint density at radius 1 is 1.03 bits per heavy atom. The van der Waals surface area contributed by atoms with Gasteiger partial charge in [-0.05, 0) is 73.5 Å². The van der Waals surface area contributed by atoms with Gasteiger partial charge >= 0.3 is 0 Å². The molecule has 0 saturated heterocycles. The molecule has 33 heavy (non-hydrogen) atoms. The van der Waals surface area contributed by atoms with Gasteiger partial charge in [-0.1, -0.05) is 35.3 Å². The summed E-state index contributed by atoms with van der Waals surface area (Å²) < 4.78 is 42.3. The summed E-state index contributed by atoms with van der Waals surface area (Å²) in [6.07, 6.45) is 0.453. The van der Waals surface area contributed by atoms with Crippen LogP contribution in [0.3, 0.4) is 0 Å². The van der Waals surface area contributed by atoms with Gasteiger partial charge in [-0.25, -0.2) is 12.8 Å². The van der Waals surface area contributed by atoms with Crippen molar-refractivity contribution in [2.75, 3.05) is 10.8 Å². The van der Waals surface area contributed by atoms with E-state index in [1.165, 1.54) is 49.4 Å². The van der Waals surface area contributed by atoms with Crippen molar-refractivity contribution < 1.29 is 22.7 Å². The van der Waals surface area contributed by atoms with Crippen LogP contribution in [-0.2, 0) is 21.2 Å². The fourth-order valence-electron chi connectivity index (χ4n) is 3.17. The maximum atomic E-state index is 14.7. The van der Waals surface area contributed by atoms with Crippen molar-refractivity contribution in [2.24, 2.45) is 0 Å². The van der Waals surface area contributed by atoms with Gasteiger partial charge in [0.1, 0.15) is 17.6 Å². The number of hydrogen-bond acceptors (Lipinski definition) is 4. The van der Waals surface area contributed by atoms with E-state index < -0.39 is 27.8 Å². The fraction of sp³-hybridized carbons (Fsp3) is 0.174. The second-order valence-corrected chi connectivity index (χ2v) is 9.92. The van der Waals surface area contributed by atoms with Crippen LogP contribution in [0.4, 0.5) is 10.1 Å². The number of rotatable bonds is 8. The van der Waals surface area contributed by atoms with Crippen molar-refractivity contribution in [3.8, 4) is 5.75 Å². The Morgan fingerprint density at radius 2 is 1.64 bits per heavy atom. The maximum absolute atomic E-state index is 14.7. The van der Waals surface area contributed by atoms with Gasteiger partial charge in [0.25, 0.3) is 10.0 Å². The molecule has 1 atom stereocenters. The van der Waals surface area contributed by atoms with E-state index in [-0.39, 0.29) is 27.9 Å². The van der Waals surface area contributed by atoms with Crippen LogP contribution >= 0.6 is 23.2 Å². The topological polar surface area (TPSA) is 86.7 Å². The summed E-state index contributed by atoms with van der Waals surface area (Å²) in [7, 11) is -4.35. The van der Waals surface area contributed by atoms with Crippen LogP contribution in [0.2, 0.25) is 10.0 Å². The number of carbonyl (C=O) groups is 1.